The Kier molecular flexibility index (Phi) is 1.26. The van der Waals surface area contributed by atoms with Gasteiger partial charge in [-0.3, -0.25) is 0 Å². The second kappa shape index (κ2) is 1.93. The van der Waals surface area contributed by atoms with Crippen molar-refractivity contribution in [1.82, 2.24) is 15.0 Å². The van der Waals surface area contributed by atoms with Gasteiger partial charge >= 0.3 is 0 Å². The second-order valence-electron chi connectivity index (χ2n) is 1.02. The average molecular weight is 118 g/mol. The highest BCUT2D eigenvalue weighted by Crippen LogP contribution is 1.79. The van der Waals surface area contributed by atoms with Crippen molar-refractivity contribution in [3.05, 3.63) is 12.4 Å². The van der Waals surface area contributed by atoms with Gasteiger partial charge in [0, 0.05) is 0 Å². The molecule has 1 rings (SSSR count). The molecule has 1 aromatic rings. The van der Waals surface area contributed by atoms with Crippen LogP contribution in [0.15, 0.2) is 12.4 Å². The second-order valence-corrected chi connectivity index (χ2v) is 1.26. The molecule has 0 radical (unpaired) electrons. The summed E-state index contributed by atoms with van der Waals surface area (Å²) in [6.45, 7) is 0. The fourth-order valence-electron chi connectivity index (χ4n) is 0.305. The van der Waals surface area contributed by atoms with Crippen LogP contribution in [0.5, 0.6) is 0 Å². The van der Waals surface area contributed by atoms with Crippen molar-refractivity contribution in [3.8, 4) is 0 Å². The Bertz CT molecular complexity index is 125. The molecular formula is C3H4ClN3. The molecule has 0 amide bonds. The molecule has 0 saturated carbocycles. The molecule has 0 fully saturated rings. The third-order valence-electron chi connectivity index (χ3n) is 0.573. The number of halogens is 1. The number of hydrogen-bond acceptors (Lipinski definition) is 2. The fraction of sp³-hybridized carbons (Fsp3) is 0.333. The average Bonchev–Trinajstić information content (AvgIpc) is 2.14. The lowest BCUT2D eigenvalue weighted by Crippen LogP contribution is -1.94. The predicted molar refractivity (Wildman–Crippen MR) is 25.9 cm³/mol. The van der Waals surface area contributed by atoms with Crippen LogP contribution >= 0.6 is 11.6 Å². The summed E-state index contributed by atoms with van der Waals surface area (Å²) < 4.78 is 0. The van der Waals surface area contributed by atoms with Crippen molar-refractivity contribution in [2.45, 2.75) is 6.00 Å². The number of aromatic nitrogens is 3. The molecule has 3 nitrogen and oxygen atoms in total. The summed E-state index contributed by atoms with van der Waals surface area (Å²) in [5, 5.41) is 7.42. The number of alkyl halides is 1. The quantitative estimate of drug-likeness (QED) is 0.501. The molecule has 0 aliphatic carbocycles. The van der Waals surface area contributed by atoms with E-state index in [1.54, 1.807) is 12.4 Å². The van der Waals surface area contributed by atoms with Crippen LogP contribution in [0.25, 0.3) is 0 Å². The van der Waals surface area contributed by atoms with E-state index in [4.69, 9.17) is 11.6 Å². The number of rotatable bonds is 1. The van der Waals surface area contributed by atoms with Gasteiger partial charge in [0.15, 0.2) is 0 Å². The lowest BCUT2D eigenvalue weighted by Gasteiger charge is -1.83. The van der Waals surface area contributed by atoms with Crippen LogP contribution in [0.1, 0.15) is 0 Å². The van der Waals surface area contributed by atoms with E-state index in [0.717, 1.165) is 0 Å². The summed E-state index contributed by atoms with van der Waals surface area (Å²) in [5.41, 5.74) is 0. The van der Waals surface area contributed by atoms with Crippen LogP contribution < -0.4 is 0 Å². The Hall–Kier alpha value is -0.570. The highest BCUT2D eigenvalue weighted by molar-refractivity contribution is 6.15. The first-order valence-corrected chi connectivity index (χ1v) is 2.37. The maximum Gasteiger partial charge on any atom is 0.134 e. The first kappa shape index (κ1) is 4.59. The van der Waals surface area contributed by atoms with Crippen LogP contribution in [0.4, 0.5) is 0 Å². The minimum atomic E-state index is 0.326. The molecule has 0 spiro atoms. The van der Waals surface area contributed by atoms with Crippen molar-refractivity contribution in [2.75, 3.05) is 0 Å². The third kappa shape index (κ3) is 0.899. The molecule has 1 heterocycles. The van der Waals surface area contributed by atoms with E-state index in [9.17, 15) is 0 Å². The van der Waals surface area contributed by atoms with Crippen LogP contribution in [0.2, 0.25) is 0 Å². The van der Waals surface area contributed by atoms with Gasteiger partial charge in [0.2, 0.25) is 0 Å². The summed E-state index contributed by atoms with van der Waals surface area (Å²) in [7, 11) is 0. The molecule has 7 heavy (non-hydrogen) atoms. The summed E-state index contributed by atoms with van der Waals surface area (Å²) in [6, 6.07) is 0.326. The first-order chi connectivity index (χ1) is 3.43. The maximum atomic E-state index is 5.31. The van der Waals surface area contributed by atoms with Gasteiger partial charge in [-0.15, -0.1) is 0 Å². The molecule has 0 N–H and O–H groups in total. The molecule has 0 atom stereocenters. The highest BCUT2D eigenvalue weighted by atomic mass is 35.5. The van der Waals surface area contributed by atoms with Gasteiger partial charge in [-0.2, -0.15) is 15.0 Å². The maximum absolute atomic E-state index is 5.31. The van der Waals surface area contributed by atoms with Crippen molar-refractivity contribution >= 4 is 11.6 Å². The molecule has 0 aliphatic heterocycles. The molecule has 0 aromatic carbocycles. The molecule has 0 unspecified atom stereocenters. The van der Waals surface area contributed by atoms with E-state index in [1.165, 1.54) is 4.80 Å². The van der Waals surface area contributed by atoms with Gasteiger partial charge in [0.1, 0.15) is 6.00 Å². The zero-order valence-electron chi connectivity index (χ0n) is 3.58. The molecule has 0 bridgehead atoms. The molecule has 4 heteroatoms. The van der Waals surface area contributed by atoms with Crippen molar-refractivity contribution < 1.29 is 0 Å². The molecular weight excluding hydrogens is 114 g/mol. The minimum Gasteiger partial charge on any atom is -0.170 e. The Balaban J connectivity index is 2.76. The summed E-state index contributed by atoms with van der Waals surface area (Å²) in [6.07, 6.45) is 3.17. The Morgan fingerprint density at radius 3 is 2.29 bits per heavy atom. The minimum absolute atomic E-state index is 0.326. The van der Waals surface area contributed by atoms with Crippen molar-refractivity contribution in [3.63, 3.8) is 0 Å². The Labute approximate surface area is 45.9 Å². The summed E-state index contributed by atoms with van der Waals surface area (Å²) >= 11 is 5.31. The smallest absolute Gasteiger partial charge is 0.134 e. The van der Waals surface area contributed by atoms with E-state index in [0.29, 0.717) is 6.00 Å². The normalized spacial score (nSPS) is 9.29. The zero-order chi connectivity index (χ0) is 5.11. The molecule has 0 aliphatic rings. The Morgan fingerprint density at radius 1 is 1.43 bits per heavy atom. The predicted octanol–water partition coefficient (Wildman–Crippen LogP) is 0.474. The number of nitrogens with zero attached hydrogens (tertiary/aromatic N) is 3. The molecule has 0 saturated heterocycles. The van der Waals surface area contributed by atoms with Gasteiger partial charge < -0.3 is 0 Å². The van der Waals surface area contributed by atoms with Crippen LogP contribution in [0, 0.1) is 0 Å². The number of hydrogen-bond donors (Lipinski definition) is 0. The van der Waals surface area contributed by atoms with Gasteiger partial charge in [-0.05, 0) is 0 Å². The molecule has 38 valence electrons. The zero-order valence-corrected chi connectivity index (χ0v) is 4.34. The largest absolute Gasteiger partial charge is 0.170 e. The van der Waals surface area contributed by atoms with Gasteiger partial charge in [-0.1, -0.05) is 11.6 Å². The van der Waals surface area contributed by atoms with Gasteiger partial charge in [0.05, 0.1) is 12.4 Å². The van der Waals surface area contributed by atoms with E-state index < -0.39 is 0 Å². The van der Waals surface area contributed by atoms with Crippen LogP contribution in [0.3, 0.4) is 0 Å². The van der Waals surface area contributed by atoms with E-state index in [1.807, 2.05) is 0 Å². The topological polar surface area (TPSA) is 30.7 Å². The highest BCUT2D eigenvalue weighted by Gasteiger charge is 1.80. The van der Waals surface area contributed by atoms with Gasteiger partial charge in [0.25, 0.3) is 0 Å². The van der Waals surface area contributed by atoms with E-state index in [-0.39, 0.29) is 0 Å². The summed E-state index contributed by atoms with van der Waals surface area (Å²) in [4.78, 5) is 1.39. The van der Waals surface area contributed by atoms with Crippen LogP contribution in [-0.4, -0.2) is 15.0 Å². The lowest BCUT2D eigenvalue weighted by atomic mass is 11.0. The van der Waals surface area contributed by atoms with E-state index in [2.05, 4.69) is 10.2 Å². The monoisotopic (exact) mass is 117 g/mol. The third-order valence-corrected chi connectivity index (χ3v) is 0.787. The van der Waals surface area contributed by atoms with Crippen molar-refractivity contribution in [1.29, 1.82) is 0 Å². The molecule has 1 aromatic heterocycles. The standard InChI is InChI=1S/C3H4ClN3/c4-3-7-5-1-2-6-7/h1-2H,3H2. The summed E-state index contributed by atoms with van der Waals surface area (Å²) in [5.74, 6) is 0. The Morgan fingerprint density at radius 2 is 2.00 bits per heavy atom. The first-order valence-electron chi connectivity index (χ1n) is 1.83. The lowest BCUT2D eigenvalue weighted by molar-refractivity contribution is 0.635. The van der Waals surface area contributed by atoms with Crippen LogP contribution in [-0.2, 0) is 6.00 Å². The van der Waals surface area contributed by atoms with Crippen molar-refractivity contribution in [2.24, 2.45) is 0 Å². The van der Waals surface area contributed by atoms with Gasteiger partial charge in [-0.25, -0.2) is 0 Å². The fourth-order valence-corrected chi connectivity index (χ4v) is 0.429. The SMILES string of the molecule is ClCn1nccn1. The van der Waals surface area contributed by atoms with E-state index >= 15 is 0 Å².